The highest BCUT2D eigenvalue weighted by Crippen LogP contribution is 2.11. The molecule has 0 fully saturated rings. The van der Waals surface area contributed by atoms with Gasteiger partial charge in [0.05, 0.1) is 0 Å². The van der Waals surface area contributed by atoms with Gasteiger partial charge in [0.1, 0.15) is 6.61 Å². The number of benzene rings is 1. The zero-order chi connectivity index (χ0) is 12.8. The number of aromatic nitrogens is 2. The SMILES string of the molecule is CNCCc1ccc(COc2cc(C)[nH]n2)cc1. The van der Waals surface area contributed by atoms with E-state index in [0.29, 0.717) is 12.5 Å². The Morgan fingerprint density at radius 3 is 2.56 bits per heavy atom. The summed E-state index contributed by atoms with van der Waals surface area (Å²) in [5, 5.41) is 10.0. The Kier molecular flexibility index (Phi) is 4.36. The molecule has 0 radical (unpaired) electrons. The van der Waals surface area contributed by atoms with Crippen LogP contribution in [0.4, 0.5) is 0 Å². The number of ether oxygens (including phenoxy) is 1. The number of hydrogen-bond donors (Lipinski definition) is 2. The summed E-state index contributed by atoms with van der Waals surface area (Å²) in [5.74, 6) is 0.645. The zero-order valence-corrected chi connectivity index (χ0v) is 10.9. The molecule has 0 saturated heterocycles. The van der Waals surface area contributed by atoms with E-state index in [1.807, 2.05) is 20.0 Å². The van der Waals surface area contributed by atoms with Gasteiger partial charge in [0.25, 0.3) is 0 Å². The molecular formula is C14H19N3O. The lowest BCUT2D eigenvalue weighted by Crippen LogP contribution is -2.10. The van der Waals surface area contributed by atoms with E-state index in [2.05, 4.69) is 39.8 Å². The van der Waals surface area contributed by atoms with E-state index in [-0.39, 0.29) is 0 Å². The molecular weight excluding hydrogens is 226 g/mol. The summed E-state index contributed by atoms with van der Waals surface area (Å²) in [6.07, 6.45) is 1.05. The number of aromatic amines is 1. The first-order chi connectivity index (χ1) is 8.78. The minimum Gasteiger partial charge on any atom is -0.472 e. The summed E-state index contributed by atoms with van der Waals surface area (Å²) in [6.45, 7) is 3.51. The van der Waals surface area contributed by atoms with Crippen LogP contribution in [0.15, 0.2) is 30.3 Å². The summed E-state index contributed by atoms with van der Waals surface area (Å²) >= 11 is 0. The van der Waals surface area contributed by atoms with Crippen LogP contribution in [0.2, 0.25) is 0 Å². The van der Waals surface area contributed by atoms with E-state index in [0.717, 1.165) is 24.2 Å². The number of nitrogens with zero attached hydrogens (tertiary/aromatic N) is 1. The number of rotatable bonds is 6. The van der Waals surface area contributed by atoms with Crippen molar-refractivity contribution in [1.82, 2.24) is 15.5 Å². The van der Waals surface area contributed by atoms with Gasteiger partial charge >= 0.3 is 0 Å². The number of likely N-dealkylation sites (N-methyl/N-ethyl adjacent to an activating group) is 1. The molecule has 0 aliphatic rings. The predicted molar refractivity (Wildman–Crippen MR) is 71.7 cm³/mol. The highest BCUT2D eigenvalue weighted by molar-refractivity contribution is 5.23. The molecule has 0 amide bonds. The molecule has 2 rings (SSSR count). The third kappa shape index (κ3) is 3.60. The molecule has 0 atom stereocenters. The predicted octanol–water partition coefficient (Wildman–Crippen LogP) is 2.06. The third-order valence-electron chi connectivity index (χ3n) is 2.76. The molecule has 1 heterocycles. The largest absolute Gasteiger partial charge is 0.472 e. The first kappa shape index (κ1) is 12.6. The first-order valence-corrected chi connectivity index (χ1v) is 6.15. The summed E-state index contributed by atoms with van der Waals surface area (Å²) in [4.78, 5) is 0. The lowest BCUT2D eigenvalue weighted by Gasteiger charge is -2.05. The minimum absolute atomic E-state index is 0.552. The van der Waals surface area contributed by atoms with Crippen LogP contribution in [0.25, 0.3) is 0 Å². The molecule has 0 bridgehead atoms. The Labute approximate surface area is 107 Å². The van der Waals surface area contributed by atoms with E-state index in [1.165, 1.54) is 5.56 Å². The van der Waals surface area contributed by atoms with E-state index in [9.17, 15) is 0 Å². The fourth-order valence-corrected chi connectivity index (χ4v) is 1.70. The number of nitrogens with one attached hydrogen (secondary N) is 2. The Morgan fingerprint density at radius 2 is 1.94 bits per heavy atom. The van der Waals surface area contributed by atoms with Crippen molar-refractivity contribution in [3.05, 3.63) is 47.2 Å². The topological polar surface area (TPSA) is 49.9 Å². The second kappa shape index (κ2) is 6.21. The van der Waals surface area contributed by atoms with Crippen LogP contribution in [-0.4, -0.2) is 23.8 Å². The fraction of sp³-hybridized carbons (Fsp3) is 0.357. The Morgan fingerprint density at radius 1 is 1.22 bits per heavy atom. The van der Waals surface area contributed by atoms with Crippen molar-refractivity contribution in [2.24, 2.45) is 0 Å². The Hall–Kier alpha value is -1.81. The molecule has 18 heavy (non-hydrogen) atoms. The lowest BCUT2D eigenvalue weighted by molar-refractivity contribution is 0.293. The normalized spacial score (nSPS) is 10.6. The van der Waals surface area contributed by atoms with Gasteiger partial charge in [0.2, 0.25) is 5.88 Å². The maximum absolute atomic E-state index is 5.58. The molecule has 96 valence electrons. The second-order valence-electron chi connectivity index (χ2n) is 4.35. The van der Waals surface area contributed by atoms with E-state index < -0.39 is 0 Å². The fourth-order valence-electron chi connectivity index (χ4n) is 1.70. The molecule has 0 aliphatic carbocycles. The quantitative estimate of drug-likeness (QED) is 0.819. The minimum atomic E-state index is 0.552. The van der Waals surface area contributed by atoms with Gasteiger partial charge < -0.3 is 10.1 Å². The molecule has 2 N–H and O–H groups in total. The van der Waals surface area contributed by atoms with Crippen LogP contribution >= 0.6 is 0 Å². The lowest BCUT2D eigenvalue weighted by atomic mass is 10.1. The van der Waals surface area contributed by atoms with Crippen molar-refractivity contribution in [3.8, 4) is 5.88 Å². The molecule has 0 aliphatic heterocycles. The number of aryl methyl sites for hydroxylation is 1. The van der Waals surface area contributed by atoms with E-state index in [1.54, 1.807) is 0 Å². The number of H-pyrrole nitrogens is 1. The van der Waals surface area contributed by atoms with Crippen LogP contribution in [0.1, 0.15) is 16.8 Å². The molecule has 4 nitrogen and oxygen atoms in total. The summed E-state index contributed by atoms with van der Waals surface area (Å²) in [6, 6.07) is 10.4. The summed E-state index contributed by atoms with van der Waals surface area (Å²) < 4.78 is 5.58. The van der Waals surface area contributed by atoms with Crippen LogP contribution in [0, 0.1) is 6.92 Å². The van der Waals surface area contributed by atoms with Gasteiger partial charge in [0.15, 0.2) is 0 Å². The molecule has 2 aromatic rings. The van der Waals surface area contributed by atoms with E-state index in [4.69, 9.17) is 4.74 Å². The van der Waals surface area contributed by atoms with Crippen LogP contribution < -0.4 is 10.1 Å². The molecule has 0 spiro atoms. The maximum atomic E-state index is 5.58. The zero-order valence-electron chi connectivity index (χ0n) is 10.9. The molecule has 0 unspecified atom stereocenters. The van der Waals surface area contributed by atoms with Crippen LogP contribution in [0.5, 0.6) is 5.88 Å². The van der Waals surface area contributed by atoms with Crippen molar-refractivity contribution >= 4 is 0 Å². The van der Waals surface area contributed by atoms with Crippen LogP contribution in [0.3, 0.4) is 0 Å². The maximum Gasteiger partial charge on any atom is 0.233 e. The van der Waals surface area contributed by atoms with Gasteiger partial charge in [-0.1, -0.05) is 24.3 Å². The van der Waals surface area contributed by atoms with Crippen LogP contribution in [-0.2, 0) is 13.0 Å². The highest BCUT2D eigenvalue weighted by atomic mass is 16.5. The van der Waals surface area contributed by atoms with E-state index >= 15 is 0 Å². The van der Waals surface area contributed by atoms with Crippen molar-refractivity contribution < 1.29 is 4.74 Å². The Balaban J connectivity index is 1.86. The average Bonchev–Trinajstić information content (AvgIpc) is 2.81. The average molecular weight is 245 g/mol. The van der Waals surface area contributed by atoms with Gasteiger partial charge in [-0.3, -0.25) is 5.10 Å². The smallest absolute Gasteiger partial charge is 0.233 e. The highest BCUT2D eigenvalue weighted by Gasteiger charge is 2.00. The Bertz CT molecular complexity index is 476. The van der Waals surface area contributed by atoms with Gasteiger partial charge in [-0.15, -0.1) is 5.10 Å². The van der Waals surface area contributed by atoms with Gasteiger partial charge in [0, 0.05) is 11.8 Å². The molecule has 0 saturated carbocycles. The molecule has 4 heteroatoms. The monoisotopic (exact) mass is 245 g/mol. The van der Waals surface area contributed by atoms with Gasteiger partial charge in [-0.05, 0) is 38.1 Å². The van der Waals surface area contributed by atoms with Crippen molar-refractivity contribution in [2.45, 2.75) is 20.0 Å². The third-order valence-corrected chi connectivity index (χ3v) is 2.76. The summed E-state index contributed by atoms with van der Waals surface area (Å²) in [7, 11) is 1.97. The van der Waals surface area contributed by atoms with Crippen molar-refractivity contribution in [3.63, 3.8) is 0 Å². The molecule has 1 aromatic heterocycles. The van der Waals surface area contributed by atoms with Gasteiger partial charge in [-0.2, -0.15) is 0 Å². The second-order valence-corrected chi connectivity index (χ2v) is 4.35. The van der Waals surface area contributed by atoms with Crippen molar-refractivity contribution in [2.75, 3.05) is 13.6 Å². The molecule has 1 aromatic carbocycles. The van der Waals surface area contributed by atoms with Gasteiger partial charge in [-0.25, -0.2) is 0 Å². The summed E-state index contributed by atoms with van der Waals surface area (Å²) in [5.41, 5.74) is 3.50. The number of hydrogen-bond acceptors (Lipinski definition) is 3. The van der Waals surface area contributed by atoms with Crippen molar-refractivity contribution in [1.29, 1.82) is 0 Å². The first-order valence-electron chi connectivity index (χ1n) is 6.15. The standard InChI is InChI=1S/C14H19N3O/c1-11-9-14(17-16-11)18-10-13-5-3-12(4-6-13)7-8-15-2/h3-6,9,15H,7-8,10H2,1-2H3,(H,16,17).